The van der Waals surface area contributed by atoms with Gasteiger partial charge >= 0.3 is 0 Å². The minimum atomic E-state index is 0.334. The molecule has 3 heteroatoms. The van der Waals surface area contributed by atoms with Gasteiger partial charge in [0.15, 0.2) is 0 Å². The Morgan fingerprint density at radius 1 is 1.71 bits per heavy atom. The summed E-state index contributed by atoms with van der Waals surface area (Å²) in [6.07, 6.45) is 6.46. The van der Waals surface area contributed by atoms with Crippen LogP contribution in [0.5, 0.6) is 0 Å². The molecule has 1 unspecified atom stereocenters. The number of rotatable bonds is 2. The van der Waals surface area contributed by atoms with Crippen molar-refractivity contribution in [2.75, 3.05) is 19.6 Å². The molecule has 14 heavy (non-hydrogen) atoms. The highest BCUT2D eigenvalue weighted by atomic mass is 32.1. The second-order valence-corrected chi connectivity index (χ2v) is 4.48. The van der Waals surface area contributed by atoms with Crippen molar-refractivity contribution in [3.8, 4) is 12.3 Å². The lowest BCUT2D eigenvalue weighted by Gasteiger charge is -2.33. The average molecular weight is 206 g/mol. The van der Waals surface area contributed by atoms with E-state index in [4.69, 9.17) is 12.2 Å². The average Bonchev–Trinajstić information content (AvgIpc) is 2.66. The van der Waals surface area contributed by atoms with Crippen LogP contribution in [0.25, 0.3) is 0 Å². The molecule has 0 saturated heterocycles. The number of terminal acetylenes is 1. The Kier molecular flexibility index (Phi) is 2.87. The first-order valence-corrected chi connectivity index (χ1v) is 5.68. The normalized spacial score (nSPS) is 21.6. The summed E-state index contributed by atoms with van der Waals surface area (Å²) in [5, 5.41) is 2.15. The quantitative estimate of drug-likeness (QED) is 0.738. The second kappa shape index (κ2) is 4.14. The van der Waals surface area contributed by atoms with Crippen LogP contribution in [0, 0.1) is 12.3 Å². The Bertz CT molecular complexity index is 350. The molecule has 1 aliphatic rings. The molecular weight excluding hydrogens is 192 g/mol. The highest BCUT2D eigenvalue weighted by Gasteiger charge is 2.26. The molecule has 74 valence electrons. The maximum atomic E-state index is 5.79. The minimum absolute atomic E-state index is 0.334. The van der Waals surface area contributed by atoms with E-state index in [9.17, 15) is 0 Å². The molecular formula is C11H14N2S. The third-order valence-electron chi connectivity index (χ3n) is 2.72. The van der Waals surface area contributed by atoms with Gasteiger partial charge in [-0.25, -0.2) is 0 Å². The smallest absolute Gasteiger partial charge is 0.0604 e. The first-order chi connectivity index (χ1) is 6.86. The van der Waals surface area contributed by atoms with Crippen molar-refractivity contribution in [3.05, 3.63) is 21.9 Å². The van der Waals surface area contributed by atoms with E-state index < -0.39 is 0 Å². The van der Waals surface area contributed by atoms with Crippen molar-refractivity contribution in [2.45, 2.75) is 12.5 Å². The molecule has 0 radical (unpaired) electrons. The molecule has 0 saturated carbocycles. The van der Waals surface area contributed by atoms with Crippen molar-refractivity contribution < 1.29 is 0 Å². The summed E-state index contributed by atoms with van der Waals surface area (Å²) in [6, 6.07) is 2.52. The Labute approximate surface area is 88.7 Å². The summed E-state index contributed by atoms with van der Waals surface area (Å²) in [5.41, 5.74) is 7.18. The van der Waals surface area contributed by atoms with E-state index in [-0.39, 0.29) is 0 Å². The zero-order chi connectivity index (χ0) is 9.97. The maximum absolute atomic E-state index is 5.79. The molecule has 1 aliphatic heterocycles. The SMILES string of the molecule is C#CCN1CCc2sccc2C1CN. The lowest BCUT2D eigenvalue weighted by Crippen LogP contribution is -2.38. The van der Waals surface area contributed by atoms with Crippen LogP contribution in [0.15, 0.2) is 11.4 Å². The predicted molar refractivity (Wildman–Crippen MR) is 60.2 cm³/mol. The van der Waals surface area contributed by atoms with Crippen LogP contribution in [0.2, 0.25) is 0 Å². The summed E-state index contributed by atoms with van der Waals surface area (Å²) in [7, 11) is 0. The van der Waals surface area contributed by atoms with Gasteiger partial charge in [-0.2, -0.15) is 0 Å². The summed E-state index contributed by atoms with van der Waals surface area (Å²) in [5.74, 6) is 2.70. The molecule has 2 rings (SSSR count). The number of thiophene rings is 1. The van der Waals surface area contributed by atoms with Crippen LogP contribution in [-0.4, -0.2) is 24.5 Å². The number of nitrogens with zero attached hydrogens (tertiary/aromatic N) is 1. The molecule has 1 aromatic rings. The van der Waals surface area contributed by atoms with Gasteiger partial charge in [0, 0.05) is 24.0 Å². The zero-order valence-electron chi connectivity index (χ0n) is 8.07. The predicted octanol–water partition coefficient (Wildman–Crippen LogP) is 1.24. The van der Waals surface area contributed by atoms with Crippen molar-refractivity contribution in [1.82, 2.24) is 4.90 Å². The van der Waals surface area contributed by atoms with Crippen LogP contribution in [0.4, 0.5) is 0 Å². The minimum Gasteiger partial charge on any atom is -0.329 e. The number of fused-ring (bicyclic) bond motifs is 1. The molecule has 2 nitrogen and oxygen atoms in total. The first-order valence-electron chi connectivity index (χ1n) is 4.80. The van der Waals surface area contributed by atoms with Crippen molar-refractivity contribution in [2.24, 2.45) is 5.73 Å². The molecule has 0 spiro atoms. The molecule has 0 bridgehead atoms. The van der Waals surface area contributed by atoms with Gasteiger partial charge in [-0.05, 0) is 23.4 Å². The molecule has 1 aromatic heterocycles. The van der Waals surface area contributed by atoms with Gasteiger partial charge in [-0.3, -0.25) is 4.90 Å². The zero-order valence-corrected chi connectivity index (χ0v) is 8.89. The number of hydrogen-bond donors (Lipinski definition) is 1. The van der Waals surface area contributed by atoms with Crippen LogP contribution >= 0.6 is 11.3 Å². The van der Waals surface area contributed by atoms with E-state index in [0.717, 1.165) is 13.0 Å². The maximum Gasteiger partial charge on any atom is 0.0604 e. The van der Waals surface area contributed by atoms with Gasteiger partial charge in [-0.15, -0.1) is 17.8 Å². The fraction of sp³-hybridized carbons (Fsp3) is 0.455. The van der Waals surface area contributed by atoms with E-state index in [0.29, 0.717) is 19.1 Å². The molecule has 0 aromatic carbocycles. The fourth-order valence-corrected chi connectivity index (χ4v) is 2.96. The van der Waals surface area contributed by atoms with Crippen molar-refractivity contribution in [3.63, 3.8) is 0 Å². The standard InChI is InChI=1S/C11H14N2S/c1-2-5-13-6-3-11-9(4-7-14-11)10(13)8-12/h1,4,7,10H,3,5-6,8,12H2. The summed E-state index contributed by atoms with van der Waals surface area (Å²) >= 11 is 1.83. The molecule has 2 heterocycles. The second-order valence-electron chi connectivity index (χ2n) is 3.48. The third kappa shape index (κ3) is 1.57. The van der Waals surface area contributed by atoms with E-state index in [1.165, 1.54) is 10.4 Å². The highest BCUT2D eigenvalue weighted by Crippen LogP contribution is 2.31. The Balaban J connectivity index is 2.25. The fourth-order valence-electron chi connectivity index (χ4n) is 2.03. The molecule has 2 N–H and O–H groups in total. The molecule has 0 aliphatic carbocycles. The summed E-state index contributed by atoms with van der Waals surface area (Å²) in [4.78, 5) is 3.77. The number of nitrogens with two attached hydrogens (primary N) is 1. The van der Waals surface area contributed by atoms with E-state index in [2.05, 4.69) is 22.3 Å². The Hall–Kier alpha value is -0.820. The van der Waals surface area contributed by atoms with Crippen LogP contribution in [0.3, 0.4) is 0 Å². The first kappa shape index (κ1) is 9.72. The van der Waals surface area contributed by atoms with Gasteiger partial charge in [0.2, 0.25) is 0 Å². The molecule has 0 fully saturated rings. The van der Waals surface area contributed by atoms with E-state index in [1.807, 2.05) is 11.3 Å². The van der Waals surface area contributed by atoms with E-state index >= 15 is 0 Å². The van der Waals surface area contributed by atoms with Gasteiger partial charge in [0.25, 0.3) is 0 Å². The van der Waals surface area contributed by atoms with E-state index in [1.54, 1.807) is 0 Å². The van der Waals surface area contributed by atoms with Crippen molar-refractivity contribution in [1.29, 1.82) is 0 Å². The summed E-state index contributed by atoms with van der Waals surface area (Å²) < 4.78 is 0. The Morgan fingerprint density at radius 2 is 2.57 bits per heavy atom. The van der Waals surface area contributed by atoms with Crippen LogP contribution in [0.1, 0.15) is 16.5 Å². The van der Waals surface area contributed by atoms with Gasteiger partial charge in [0.1, 0.15) is 0 Å². The monoisotopic (exact) mass is 206 g/mol. The highest BCUT2D eigenvalue weighted by molar-refractivity contribution is 7.10. The topological polar surface area (TPSA) is 29.3 Å². The molecule has 1 atom stereocenters. The molecule has 0 amide bonds. The van der Waals surface area contributed by atoms with Gasteiger partial charge in [-0.1, -0.05) is 5.92 Å². The van der Waals surface area contributed by atoms with Gasteiger partial charge in [0.05, 0.1) is 6.54 Å². The third-order valence-corrected chi connectivity index (χ3v) is 3.72. The largest absolute Gasteiger partial charge is 0.329 e. The Morgan fingerprint density at radius 3 is 3.29 bits per heavy atom. The number of hydrogen-bond acceptors (Lipinski definition) is 3. The summed E-state index contributed by atoms with van der Waals surface area (Å²) in [6.45, 7) is 2.40. The van der Waals surface area contributed by atoms with Crippen LogP contribution in [-0.2, 0) is 6.42 Å². The van der Waals surface area contributed by atoms with Crippen molar-refractivity contribution >= 4 is 11.3 Å². The lowest BCUT2D eigenvalue weighted by molar-refractivity contribution is 0.216. The lowest BCUT2D eigenvalue weighted by atomic mass is 10.0. The van der Waals surface area contributed by atoms with Crippen LogP contribution < -0.4 is 5.73 Å². The van der Waals surface area contributed by atoms with Gasteiger partial charge < -0.3 is 5.73 Å².